The van der Waals surface area contributed by atoms with E-state index in [1.165, 1.54) is 0 Å². The zero-order chi connectivity index (χ0) is 20.5. The van der Waals surface area contributed by atoms with Crippen LogP contribution in [0.15, 0.2) is 41.1 Å². The van der Waals surface area contributed by atoms with Gasteiger partial charge in [-0.3, -0.25) is 4.90 Å². The minimum Gasteiger partial charge on any atom is -0.399 e. The molecule has 0 aromatic heterocycles. The number of nitrogens with two attached hydrogens (primary N) is 1. The molecule has 5 nitrogen and oxygen atoms in total. The Hall–Kier alpha value is -2.49. The van der Waals surface area contributed by atoms with Gasteiger partial charge in [0, 0.05) is 24.9 Å². The molecule has 2 N–H and O–H groups in total. The lowest BCUT2D eigenvalue weighted by atomic mass is 9.58. The highest BCUT2D eigenvalue weighted by Crippen LogP contribution is 2.55. The molecular formula is C21H19Cl2N5. The van der Waals surface area contributed by atoms with Crippen LogP contribution in [-0.2, 0) is 0 Å². The predicted molar refractivity (Wildman–Crippen MR) is 108 cm³/mol. The Balaban J connectivity index is 2.32. The molecule has 0 spiro atoms. The summed E-state index contributed by atoms with van der Waals surface area (Å²) in [7, 11) is 0. The number of nitriles is 3. The van der Waals surface area contributed by atoms with Crippen molar-refractivity contribution in [3.63, 3.8) is 0 Å². The first-order valence-corrected chi connectivity index (χ1v) is 9.80. The zero-order valence-corrected chi connectivity index (χ0v) is 16.9. The van der Waals surface area contributed by atoms with Crippen LogP contribution in [0.5, 0.6) is 0 Å². The molecule has 2 atom stereocenters. The van der Waals surface area contributed by atoms with Crippen molar-refractivity contribution in [1.82, 2.24) is 4.90 Å². The summed E-state index contributed by atoms with van der Waals surface area (Å²) in [6, 6.07) is 11.5. The topological polar surface area (TPSA) is 101 Å². The quantitative estimate of drug-likeness (QED) is 0.805. The van der Waals surface area contributed by atoms with Crippen LogP contribution in [0.4, 0.5) is 0 Å². The summed E-state index contributed by atoms with van der Waals surface area (Å²) >= 11 is 12.7. The molecule has 0 unspecified atom stereocenters. The number of benzene rings is 1. The Kier molecular flexibility index (Phi) is 5.69. The van der Waals surface area contributed by atoms with Gasteiger partial charge in [-0.25, -0.2) is 0 Å². The number of allylic oxidation sites excluding steroid dienone is 2. The number of halogens is 2. The summed E-state index contributed by atoms with van der Waals surface area (Å²) in [6.45, 7) is 4.28. The van der Waals surface area contributed by atoms with E-state index in [1.54, 1.807) is 18.2 Å². The lowest BCUT2D eigenvalue weighted by molar-refractivity contribution is 0.207. The number of fused-ring (bicyclic) bond motifs is 1. The van der Waals surface area contributed by atoms with Gasteiger partial charge in [0.25, 0.3) is 0 Å². The van der Waals surface area contributed by atoms with E-state index in [1.807, 2.05) is 6.08 Å². The minimum absolute atomic E-state index is 0.00696. The summed E-state index contributed by atoms with van der Waals surface area (Å²) in [4.78, 5) is 2.25. The first-order valence-electron chi connectivity index (χ1n) is 9.04. The summed E-state index contributed by atoms with van der Waals surface area (Å²) in [5.74, 6) is -0.894. The van der Waals surface area contributed by atoms with Crippen molar-refractivity contribution in [1.29, 1.82) is 15.8 Å². The molecule has 0 bridgehead atoms. The van der Waals surface area contributed by atoms with Gasteiger partial charge < -0.3 is 5.73 Å². The standard InChI is InChI=1S/C21H19Cl2N5/c1-2-7-28-8-6-13-15(9-24)20(27)21(11-25,12-26)18(16(13)10-28)14-4-3-5-17(22)19(14)23/h3-6,16,18H,2,7-8,10,27H2,1H3/t16-,18+/m1/s1. The molecule has 0 saturated heterocycles. The largest absolute Gasteiger partial charge is 0.399 e. The molecule has 28 heavy (non-hydrogen) atoms. The molecule has 0 saturated carbocycles. The average Bonchev–Trinajstić information content (AvgIpc) is 2.70. The molecule has 1 aromatic carbocycles. The summed E-state index contributed by atoms with van der Waals surface area (Å²) < 4.78 is 0. The van der Waals surface area contributed by atoms with E-state index in [2.05, 4.69) is 30.0 Å². The third kappa shape index (κ3) is 2.95. The summed E-state index contributed by atoms with van der Waals surface area (Å²) in [5.41, 5.74) is 6.21. The Bertz CT molecular complexity index is 976. The molecule has 2 aliphatic rings. The lowest BCUT2D eigenvalue weighted by Gasteiger charge is -2.45. The van der Waals surface area contributed by atoms with Gasteiger partial charge in [-0.1, -0.05) is 48.3 Å². The molecule has 1 aromatic rings. The number of hydrogen-bond donors (Lipinski definition) is 1. The number of nitrogens with zero attached hydrogens (tertiary/aromatic N) is 4. The number of rotatable bonds is 3. The molecule has 1 heterocycles. The summed E-state index contributed by atoms with van der Waals surface area (Å²) in [5, 5.41) is 30.5. The van der Waals surface area contributed by atoms with E-state index in [0.717, 1.165) is 18.5 Å². The van der Waals surface area contributed by atoms with Crippen molar-refractivity contribution >= 4 is 23.2 Å². The molecule has 3 rings (SSSR count). The van der Waals surface area contributed by atoms with Gasteiger partial charge in [0.15, 0.2) is 5.41 Å². The maximum atomic E-state index is 10.1. The van der Waals surface area contributed by atoms with Gasteiger partial charge in [-0.2, -0.15) is 15.8 Å². The first-order chi connectivity index (χ1) is 13.4. The second kappa shape index (κ2) is 7.86. The van der Waals surface area contributed by atoms with Crippen molar-refractivity contribution in [3.05, 3.63) is 56.7 Å². The fourth-order valence-corrected chi connectivity index (χ4v) is 4.77. The van der Waals surface area contributed by atoms with Crippen LogP contribution in [0.25, 0.3) is 0 Å². The fourth-order valence-electron chi connectivity index (χ4n) is 4.34. The van der Waals surface area contributed by atoms with Gasteiger partial charge in [-0.15, -0.1) is 0 Å². The van der Waals surface area contributed by atoms with E-state index < -0.39 is 11.3 Å². The molecule has 7 heteroatoms. The van der Waals surface area contributed by atoms with Crippen LogP contribution < -0.4 is 5.73 Å². The third-order valence-corrected chi connectivity index (χ3v) is 6.43. The van der Waals surface area contributed by atoms with Crippen molar-refractivity contribution in [3.8, 4) is 18.2 Å². The van der Waals surface area contributed by atoms with Gasteiger partial charge in [-0.05, 0) is 30.2 Å². The van der Waals surface area contributed by atoms with Crippen LogP contribution >= 0.6 is 23.2 Å². The number of hydrogen-bond acceptors (Lipinski definition) is 5. The Morgan fingerprint density at radius 3 is 2.57 bits per heavy atom. The molecule has 142 valence electrons. The van der Waals surface area contributed by atoms with E-state index in [0.29, 0.717) is 28.7 Å². The third-order valence-electron chi connectivity index (χ3n) is 5.60. The van der Waals surface area contributed by atoms with E-state index in [4.69, 9.17) is 28.9 Å². The predicted octanol–water partition coefficient (Wildman–Crippen LogP) is 4.13. The van der Waals surface area contributed by atoms with Crippen LogP contribution in [0.2, 0.25) is 10.0 Å². The smallest absolute Gasteiger partial charge is 0.191 e. The fraction of sp³-hybridized carbons (Fsp3) is 0.381. The maximum Gasteiger partial charge on any atom is 0.191 e. The van der Waals surface area contributed by atoms with Crippen LogP contribution in [0.1, 0.15) is 24.8 Å². The molecule has 0 fully saturated rings. The van der Waals surface area contributed by atoms with E-state index in [9.17, 15) is 15.8 Å². The van der Waals surface area contributed by atoms with Crippen molar-refractivity contribution in [2.24, 2.45) is 17.1 Å². The lowest BCUT2D eigenvalue weighted by Crippen LogP contribution is -2.48. The van der Waals surface area contributed by atoms with Crippen LogP contribution in [0.3, 0.4) is 0 Å². The monoisotopic (exact) mass is 411 g/mol. The second-order valence-corrected chi connectivity index (χ2v) is 7.86. The van der Waals surface area contributed by atoms with E-state index in [-0.39, 0.29) is 17.2 Å². The molecule has 1 aliphatic heterocycles. The Morgan fingerprint density at radius 1 is 1.25 bits per heavy atom. The second-order valence-electron chi connectivity index (χ2n) is 7.08. The van der Waals surface area contributed by atoms with Gasteiger partial charge in [0.05, 0.1) is 33.5 Å². The zero-order valence-electron chi connectivity index (χ0n) is 15.4. The van der Waals surface area contributed by atoms with Crippen LogP contribution in [0, 0.1) is 45.3 Å². The highest BCUT2D eigenvalue weighted by molar-refractivity contribution is 6.42. The van der Waals surface area contributed by atoms with Crippen LogP contribution in [-0.4, -0.2) is 24.5 Å². The molecular weight excluding hydrogens is 393 g/mol. The minimum atomic E-state index is -1.70. The Labute approximate surface area is 174 Å². The summed E-state index contributed by atoms with van der Waals surface area (Å²) in [6.07, 6.45) is 2.96. The van der Waals surface area contributed by atoms with Gasteiger partial charge >= 0.3 is 0 Å². The molecule has 0 radical (unpaired) electrons. The van der Waals surface area contributed by atoms with E-state index >= 15 is 0 Å². The maximum absolute atomic E-state index is 10.1. The highest BCUT2D eigenvalue weighted by Gasteiger charge is 2.55. The van der Waals surface area contributed by atoms with Crippen molar-refractivity contribution in [2.75, 3.05) is 19.6 Å². The molecule has 1 aliphatic carbocycles. The normalized spacial score (nSPS) is 23.8. The van der Waals surface area contributed by atoms with Crippen molar-refractivity contribution in [2.45, 2.75) is 19.3 Å². The molecule has 0 amide bonds. The van der Waals surface area contributed by atoms with Gasteiger partial charge in [0.1, 0.15) is 6.07 Å². The Morgan fingerprint density at radius 2 is 1.96 bits per heavy atom. The van der Waals surface area contributed by atoms with Crippen molar-refractivity contribution < 1.29 is 0 Å². The average molecular weight is 412 g/mol. The highest BCUT2D eigenvalue weighted by atomic mass is 35.5. The SMILES string of the molecule is CCCN1CC=C2C(C#N)=C(N)C(C#N)(C#N)[C@@H](c3cccc(Cl)c3Cl)[C@@H]2C1. The van der Waals surface area contributed by atoms with Gasteiger partial charge in [0.2, 0.25) is 0 Å². The first kappa shape index (κ1) is 20.2.